The van der Waals surface area contributed by atoms with Gasteiger partial charge in [0, 0.05) is 32.6 Å². The molecule has 1 aliphatic heterocycles. The molecule has 0 bridgehead atoms. The van der Waals surface area contributed by atoms with Gasteiger partial charge in [-0.3, -0.25) is 4.79 Å². The van der Waals surface area contributed by atoms with E-state index in [1.54, 1.807) is 11.4 Å². The maximum Gasteiger partial charge on any atom is 0.266 e. The van der Waals surface area contributed by atoms with Crippen molar-refractivity contribution in [3.8, 4) is 0 Å². The van der Waals surface area contributed by atoms with Gasteiger partial charge >= 0.3 is 0 Å². The van der Waals surface area contributed by atoms with Gasteiger partial charge < -0.3 is 0 Å². The molecular formula is C16H25N3O3S. The van der Waals surface area contributed by atoms with Gasteiger partial charge in [-0.05, 0) is 36.7 Å². The van der Waals surface area contributed by atoms with E-state index in [-0.39, 0.29) is 22.8 Å². The molecule has 0 radical (unpaired) electrons. The Kier molecular flexibility index (Phi) is 4.13. The molecule has 0 spiro atoms. The van der Waals surface area contributed by atoms with Crippen LogP contribution in [0.4, 0.5) is 0 Å². The molecule has 1 aliphatic carbocycles. The Morgan fingerprint density at radius 3 is 2.57 bits per heavy atom. The molecule has 6 nitrogen and oxygen atoms in total. The number of nitrogens with zero attached hydrogens (tertiary/aromatic N) is 3. The molecule has 0 saturated heterocycles. The molecule has 0 atom stereocenters. The standard InChI is InChI=1S/C16H25N3O3S/c1-16(2)7-4-13(5-8-16)23(21,22)19-9-6-14-12(11-19)10-15(20)18(3)17-14/h10,13H,4-9,11H2,1-3H3. The van der Waals surface area contributed by atoms with Crippen LogP contribution in [-0.4, -0.2) is 34.3 Å². The number of sulfonamides is 1. The number of aromatic nitrogens is 2. The van der Waals surface area contributed by atoms with E-state index in [9.17, 15) is 13.2 Å². The van der Waals surface area contributed by atoms with Gasteiger partial charge in [0.1, 0.15) is 0 Å². The lowest BCUT2D eigenvalue weighted by Crippen LogP contribution is -2.44. The molecule has 3 rings (SSSR count). The first-order chi connectivity index (χ1) is 10.7. The van der Waals surface area contributed by atoms with Crippen LogP contribution in [0.2, 0.25) is 0 Å². The zero-order valence-electron chi connectivity index (χ0n) is 14.1. The van der Waals surface area contributed by atoms with E-state index in [2.05, 4.69) is 18.9 Å². The summed E-state index contributed by atoms with van der Waals surface area (Å²) in [5.74, 6) is 0. The van der Waals surface area contributed by atoms with Crippen molar-refractivity contribution in [2.24, 2.45) is 12.5 Å². The quantitative estimate of drug-likeness (QED) is 0.817. The first-order valence-corrected chi connectivity index (χ1v) is 9.74. The van der Waals surface area contributed by atoms with Crippen molar-refractivity contribution in [2.75, 3.05) is 6.54 Å². The van der Waals surface area contributed by atoms with Crippen LogP contribution in [0, 0.1) is 5.41 Å². The third-order valence-corrected chi connectivity index (χ3v) is 7.62. The number of aryl methyl sites for hydroxylation is 1. The van der Waals surface area contributed by atoms with Gasteiger partial charge in [-0.15, -0.1) is 0 Å². The Labute approximate surface area is 137 Å². The van der Waals surface area contributed by atoms with Crippen molar-refractivity contribution < 1.29 is 8.42 Å². The molecule has 2 aliphatic rings. The van der Waals surface area contributed by atoms with Crippen LogP contribution >= 0.6 is 0 Å². The molecule has 7 heteroatoms. The summed E-state index contributed by atoms with van der Waals surface area (Å²) in [7, 11) is -1.68. The lowest BCUT2D eigenvalue weighted by molar-refractivity contribution is 0.240. The Morgan fingerprint density at radius 2 is 1.91 bits per heavy atom. The van der Waals surface area contributed by atoms with Crippen LogP contribution in [0.15, 0.2) is 10.9 Å². The molecule has 1 aromatic rings. The van der Waals surface area contributed by atoms with E-state index in [1.807, 2.05) is 0 Å². The Bertz CT molecular complexity index is 757. The lowest BCUT2D eigenvalue weighted by atomic mass is 9.77. The summed E-state index contributed by atoms with van der Waals surface area (Å²) in [6.45, 7) is 5.14. The fraction of sp³-hybridized carbons (Fsp3) is 0.750. The first-order valence-electron chi connectivity index (χ1n) is 8.24. The molecule has 2 heterocycles. The van der Waals surface area contributed by atoms with Crippen LogP contribution in [0.1, 0.15) is 50.8 Å². The summed E-state index contributed by atoms with van der Waals surface area (Å²) in [5.41, 5.74) is 1.64. The minimum Gasteiger partial charge on any atom is -0.268 e. The Morgan fingerprint density at radius 1 is 1.26 bits per heavy atom. The summed E-state index contributed by atoms with van der Waals surface area (Å²) in [4.78, 5) is 11.8. The molecule has 0 aromatic carbocycles. The highest BCUT2D eigenvalue weighted by molar-refractivity contribution is 7.89. The molecule has 0 amide bonds. The van der Waals surface area contributed by atoms with Crippen LogP contribution < -0.4 is 5.56 Å². The van der Waals surface area contributed by atoms with E-state index in [0.29, 0.717) is 13.0 Å². The van der Waals surface area contributed by atoms with Crippen molar-refractivity contribution >= 4 is 10.0 Å². The topological polar surface area (TPSA) is 72.3 Å². The monoisotopic (exact) mass is 339 g/mol. The minimum absolute atomic E-state index is 0.192. The van der Waals surface area contributed by atoms with Gasteiger partial charge in [0.05, 0.1) is 10.9 Å². The van der Waals surface area contributed by atoms with Crippen molar-refractivity contribution in [1.82, 2.24) is 14.1 Å². The van der Waals surface area contributed by atoms with E-state index in [0.717, 1.165) is 36.9 Å². The molecule has 1 aromatic heterocycles. The summed E-state index contributed by atoms with van der Waals surface area (Å²) < 4.78 is 28.7. The number of hydrogen-bond donors (Lipinski definition) is 0. The fourth-order valence-electron chi connectivity index (χ4n) is 3.57. The van der Waals surface area contributed by atoms with Crippen LogP contribution in [0.5, 0.6) is 0 Å². The average Bonchev–Trinajstić information content (AvgIpc) is 2.47. The van der Waals surface area contributed by atoms with E-state index >= 15 is 0 Å². The molecule has 1 saturated carbocycles. The third kappa shape index (κ3) is 3.21. The SMILES string of the molecule is Cn1nc2c(cc1=O)CN(S(=O)(=O)C1CCC(C)(C)CC1)CC2. The summed E-state index contributed by atoms with van der Waals surface area (Å²) in [5, 5.41) is 3.96. The van der Waals surface area contributed by atoms with Crippen molar-refractivity contribution in [3.63, 3.8) is 0 Å². The predicted molar refractivity (Wildman–Crippen MR) is 88.5 cm³/mol. The zero-order chi connectivity index (χ0) is 16.8. The third-order valence-electron chi connectivity index (χ3n) is 5.27. The second-order valence-corrected chi connectivity index (χ2v) is 9.78. The zero-order valence-corrected chi connectivity index (χ0v) is 14.9. The van der Waals surface area contributed by atoms with Gasteiger partial charge in [-0.2, -0.15) is 9.40 Å². The summed E-state index contributed by atoms with van der Waals surface area (Å²) in [6.07, 6.45) is 3.93. The highest BCUT2D eigenvalue weighted by Crippen LogP contribution is 2.38. The number of rotatable bonds is 2. The largest absolute Gasteiger partial charge is 0.268 e. The van der Waals surface area contributed by atoms with E-state index in [4.69, 9.17) is 0 Å². The predicted octanol–water partition coefficient (Wildman–Crippen LogP) is 1.44. The second-order valence-electron chi connectivity index (χ2n) is 7.57. The van der Waals surface area contributed by atoms with Gasteiger partial charge in [0.25, 0.3) is 5.56 Å². The minimum atomic E-state index is -3.30. The molecule has 0 N–H and O–H groups in total. The lowest BCUT2D eigenvalue weighted by Gasteiger charge is -2.37. The summed E-state index contributed by atoms with van der Waals surface area (Å²) in [6, 6.07) is 1.52. The Hall–Kier alpha value is -1.21. The van der Waals surface area contributed by atoms with Gasteiger partial charge in [-0.1, -0.05) is 13.8 Å². The van der Waals surface area contributed by atoms with Crippen molar-refractivity contribution in [1.29, 1.82) is 0 Å². The van der Waals surface area contributed by atoms with Crippen molar-refractivity contribution in [3.05, 3.63) is 27.7 Å². The number of hydrogen-bond acceptors (Lipinski definition) is 4. The van der Waals surface area contributed by atoms with E-state index < -0.39 is 10.0 Å². The van der Waals surface area contributed by atoms with Gasteiger partial charge in [0.15, 0.2) is 0 Å². The normalized spacial score (nSPS) is 22.7. The maximum atomic E-state index is 12.9. The highest BCUT2D eigenvalue weighted by Gasteiger charge is 2.38. The summed E-state index contributed by atoms with van der Waals surface area (Å²) >= 11 is 0. The molecule has 128 valence electrons. The molecular weight excluding hydrogens is 314 g/mol. The Balaban J connectivity index is 1.80. The van der Waals surface area contributed by atoms with Crippen molar-refractivity contribution in [2.45, 2.75) is 57.7 Å². The van der Waals surface area contributed by atoms with Crippen LogP contribution in [0.25, 0.3) is 0 Å². The molecule has 23 heavy (non-hydrogen) atoms. The second kappa shape index (κ2) is 5.70. The van der Waals surface area contributed by atoms with Gasteiger partial charge in [0.2, 0.25) is 10.0 Å². The number of fused-ring (bicyclic) bond motifs is 1. The average molecular weight is 339 g/mol. The van der Waals surface area contributed by atoms with E-state index in [1.165, 1.54) is 10.7 Å². The highest BCUT2D eigenvalue weighted by atomic mass is 32.2. The molecule has 1 fully saturated rings. The van der Waals surface area contributed by atoms with Crippen LogP contribution in [0.3, 0.4) is 0 Å². The van der Waals surface area contributed by atoms with Gasteiger partial charge in [-0.25, -0.2) is 13.1 Å². The molecule has 0 unspecified atom stereocenters. The maximum absolute atomic E-state index is 12.9. The smallest absolute Gasteiger partial charge is 0.266 e. The van der Waals surface area contributed by atoms with Crippen LogP contribution in [-0.2, 0) is 30.0 Å². The fourth-order valence-corrected chi connectivity index (χ4v) is 5.48. The first kappa shape index (κ1) is 16.6.